The van der Waals surface area contributed by atoms with Gasteiger partial charge >= 0.3 is 12.1 Å². The SMILES string of the molecule is O=C(O)c1nn(-c2cccc(C(F)(F)F)c2)cc1O. The maximum atomic E-state index is 12.5. The standard InChI is InChI=1S/C11H7F3N2O3/c12-11(13,14)6-2-1-3-7(4-6)16-5-8(17)9(15-16)10(18)19/h1-5,17H,(H,18,19). The van der Waals surface area contributed by atoms with E-state index in [4.69, 9.17) is 5.11 Å². The normalized spacial score (nSPS) is 11.5. The molecule has 0 aliphatic carbocycles. The molecule has 2 aromatic rings. The summed E-state index contributed by atoms with van der Waals surface area (Å²) in [6.45, 7) is 0. The molecule has 0 fully saturated rings. The lowest BCUT2D eigenvalue weighted by atomic mass is 10.2. The van der Waals surface area contributed by atoms with Gasteiger partial charge in [-0.1, -0.05) is 6.07 Å². The Hall–Kier alpha value is -2.51. The van der Waals surface area contributed by atoms with Crippen LogP contribution in [0, 0.1) is 0 Å². The summed E-state index contributed by atoms with van der Waals surface area (Å²) in [7, 11) is 0. The number of benzene rings is 1. The van der Waals surface area contributed by atoms with Crippen LogP contribution >= 0.6 is 0 Å². The summed E-state index contributed by atoms with van der Waals surface area (Å²) in [6, 6.07) is 4.16. The first-order chi connectivity index (χ1) is 8.79. The minimum Gasteiger partial charge on any atom is -0.504 e. The molecule has 0 saturated heterocycles. The zero-order valence-corrected chi connectivity index (χ0v) is 9.22. The average molecular weight is 272 g/mol. The third-order valence-corrected chi connectivity index (χ3v) is 2.34. The number of hydrogen-bond donors (Lipinski definition) is 2. The minimum absolute atomic E-state index is 0.00220. The molecule has 100 valence electrons. The highest BCUT2D eigenvalue weighted by molar-refractivity contribution is 5.88. The Balaban J connectivity index is 2.48. The highest BCUT2D eigenvalue weighted by Crippen LogP contribution is 2.30. The van der Waals surface area contributed by atoms with Gasteiger partial charge in [-0.2, -0.15) is 18.3 Å². The van der Waals surface area contributed by atoms with Gasteiger partial charge in [0.05, 0.1) is 17.4 Å². The molecule has 2 rings (SSSR count). The number of rotatable bonds is 2. The van der Waals surface area contributed by atoms with Gasteiger partial charge in [0.2, 0.25) is 5.69 Å². The summed E-state index contributed by atoms with van der Waals surface area (Å²) in [5.41, 5.74) is -1.52. The number of aromatic nitrogens is 2. The summed E-state index contributed by atoms with van der Waals surface area (Å²) < 4.78 is 38.4. The van der Waals surface area contributed by atoms with Crippen LogP contribution < -0.4 is 0 Å². The Bertz CT molecular complexity index is 634. The molecule has 0 radical (unpaired) electrons. The largest absolute Gasteiger partial charge is 0.504 e. The van der Waals surface area contributed by atoms with E-state index in [2.05, 4.69) is 5.10 Å². The summed E-state index contributed by atoms with van der Waals surface area (Å²) in [6.07, 6.45) is -3.58. The number of alkyl halides is 3. The van der Waals surface area contributed by atoms with Crippen LogP contribution in [0.2, 0.25) is 0 Å². The molecular weight excluding hydrogens is 265 g/mol. The predicted octanol–water partition coefficient (Wildman–Crippen LogP) is 2.29. The van der Waals surface area contributed by atoms with Crippen LogP contribution in [0.25, 0.3) is 5.69 Å². The van der Waals surface area contributed by atoms with Gasteiger partial charge in [0.15, 0.2) is 5.75 Å². The topological polar surface area (TPSA) is 75.3 Å². The lowest BCUT2D eigenvalue weighted by Crippen LogP contribution is -2.06. The second kappa shape index (κ2) is 4.30. The van der Waals surface area contributed by atoms with Crippen molar-refractivity contribution in [2.45, 2.75) is 6.18 Å². The quantitative estimate of drug-likeness (QED) is 0.879. The number of aromatic carboxylic acids is 1. The molecule has 0 spiro atoms. The number of hydrogen-bond acceptors (Lipinski definition) is 3. The molecule has 2 N–H and O–H groups in total. The van der Waals surface area contributed by atoms with E-state index in [1.807, 2.05) is 0 Å². The van der Waals surface area contributed by atoms with Crippen LogP contribution in [0.5, 0.6) is 5.75 Å². The van der Waals surface area contributed by atoms with E-state index < -0.39 is 29.2 Å². The highest BCUT2D eigenvalue weighted by atomic mass is 19.4. The van der Waals surface area contributed by atoms with Gasteiger partial charge < -0.3 is 10.2 Å². The maximum absolute atomic E-state index is 12.5. The zero-order chi connectivity index (χ0) is 14.2. The molecule has 1 aromatic carbocycles. The van der Waals surface area contributed by atoms with E-state index in [9.17, 15) is 23.1 Å². The molecule has 0 saturated carbocycles. The number of halogens is 3. The molecule has 0 unspecified atom stereocenters. The number of carboxylic acids is 1. The molecule has 1 aromatic heterocycles. The van der Waals surface area contributed by atoms with Gasteiger partial charge in [0, 0.05) is 0 Å². The second-order valence-electron chi connectivity index (χ2n) is 3.66. The summed E-state index contributed by atoms with van der Waals surface area (Å²) in [5.74, 6) is -2.09. The molecule has 1 heterocycles. The van der Waals surface area contributed by atoms with Crippen LogP contribution in [-0.2, 0) is 6.18 Å². The molecule has 0 aliphatic heterocycles. The van der Waals surface area contributed by atoms with E-state index in [1.165, 1.54) is 6.07 Å². The van der Waals surface area contributed by atoms with Crippen molar-refractivity contribution in [2.24, 2.45) is 0 Å². The molecule has 19 heavy (non-hydrogen) atoms. The fourth-order valence-corrected chi connectivity index (χ4v) is 1.47. The Morgan fingerprint density at radius 2 is 2.00 bits per heavy atom. The first kappa shape index (κ1) is 12.9. The van der Waals surface area contributed by atoms with E-state index >= 15 is 0 Å². The van der Waals surface area contributed by atoms with Crippen LogP contribution in [0.3, 0.4) is 0 Å². The van der Waals surface area contributed by atoms with Crippen LogP contribution in [0.4, 0.5) is 13.2 Å². The second-order valence-corrected chi connectivity index (χ2v) is 3.66. The van der Waals surface area contributed by atoms with Crippen molar-refractivity contribution in [2.75, 3.05) is 0 Å². The van der Waals surface area contributed by atoms with Crippen molar-refractivity contribution >= 4 is 5.97 Å². The number of carbonyl (C=O) groups is 1. The van der Waals surface area contributed by atoms with Gasteiger partial charge in [-0.3, -0.25) is 0 Å². The summed E-state index contributed by atoms with van der Waals surface area (Å²) in [5, 5.41) is 21.5. The van der Waals surface area contributed by atoms with Crippen molar-refractivity contribution in [1.29, 1.82) is 0 Å². The first-order valence-electron chi connectivity index (χ1n) is 4.98. The van der Waals surface area contributed by atoms with Crippen molar-refractivity contribution in [1.82, 2.24) is 9.78 Å². The third-order valence-electron chi connectivity index (χ3n) is 2.34. The van der Waals surface area contributed by atoms with Crippen LogP contribution in [0.15, 0.2) is 30.5 Å². The number of carboxylic acid groups (broad SMARTS) is 1. The van der Waals surface area contributed by atoms with E-state index in [-0.39, 0.29) is 5.69 Å². The lowest BCUT2D eigenvalue weighted by molar-refractivity contribution is -0.137. The fraction of sp³-hybridized carbons (Fsp3) is 0.0909. The van der Waals surface area contributed by atoms with Crippen LogP contribution in [-0.4, -0.2) is 26.0 Å². The monoisotopic (exact) mass is 272 g/mol. The van der Waals surface area contributed by atoms with Crippen molar-refractivity contribution in [3.05, 3.63) is 41.7 Å². The van der Waals surface area contributed by atoms with E-state index in [0.717, 1.165) is 29.1 Å². The third kappa shape index (κ3) is 2.51. The van der Waals surface area contributed by atoms with Gasteiger partial charge in [0.1, 0.15) is 0 Å². The summed E-state index contributed by atoms with van der Waals surface area (Å²) in [4.78, 5) is 10.7. The molecule has 5 nitrogen and oxygen atoms in total. The molecule has 0 amide bonds. The van der Waals surface area contributed by atoms with Gasteiger partial charge in [0.25, 0.3) is 0 Å². The van der Waals surface area contributed by atoms with Gasteiger partial charge in [-0.25, -0.2) is 9.48 Å². The molecule has 0 bridgehead atoms. The Morgan fingerprint density at radius 3 is 2.53 bits per heavy atom. The lowest BCUT2D eigenvalue weighted by Gasteiger charge is -2.08. The van der Waals surface area contributed by atoms with Crippen LogP contribution in [0.1, 0.15) is 16.1 Å². The molecular formula is C11H7F3N2O3. The van der Waals surface area contributed by atoms with Gasteiger partial charge in [-0.15, -0.1) is 0 Å². The zero-order valence-electron chi connectivity index (χ0n) is 9.22. The molecule has 8 heteroatoms. The predicted molar refractivity (Wildman–Crippen MR) is 57.2 cm³/mol. The Labute approximate surface area is 104 Å². The van der Waals surface area contributed by atoms with Crippen molar-refractivity contribution in [3.8, 4) is 11.4 Å². The van der Waals surface area contributed by atoms with Crippen molar-refractivity contribution in [3.63, 3.8) is 0 Å². The van der Waals surface area contributed by atoms with Crippen molar-refractivity contribution < 1.29 is 28.2 Å². The Kier molecular flexibility index (Phi) is 2.93. The average Bonchev–Trinajstić information content (AvgIpc) is 2.70. The smallest absolute Gasteiger partial charge is 0.416 e. The highest BCUT2D eigenvalue weighted by Gasteiger charge is 2.30. The minimum atomic E-state index is -4.51. The fourth-order valence-electron chi connectivity index (χ4n) is 1.47. The summed E-state index contributed by atoms with van der Waals surface area (Å²) >= 11 is 0. The maximum Gasteiger partial charge on any atom is 0.416 e. The molecule has 0 atom stereocenters. The molecule has 0 aliphatic rings. The van der Waals surface area contributed by atoms with E-state index in [0.29, 0.717) is 0 Å². The Morgan fingerprint density at radius 1 is 1.32 bits per heavy atom. The van der Waals surface area contributed by atoms with E-state index in [1.54, 1.807) is 0 Å². The number of aromatic hydroxyl groups is 1. The first-order valence-corrected chi connectivity index (χ1v) is 4.98. The number of nitrogens with zero attached hydrogens (tertiary/aromatic N) is 2. The van der Waals surface area contributed by atoms with Gasteiger partial charge in [-0.05, 0) is 18.2 Å².